The summed E-state index contributed by atoms with van der Waals surface area (Å²) < 4.78 is 0. The topological polar surface area (TPSA) is 75.3 Å². The van der Waals surface area contributed by atoms with Crippen molar-refractivity contribution in [3.05, 3.63) is 0 Å². The van der Waals surface area contributed by atoms with Gasteiger partial charge in [0.1, 0.15) is 0 Å². The van der Waals surface area contributed by atoms with Crippen LogP contribution in [0, 0.1) is 5.92 Å². The summed E-state index contributed by atoms with van der Waals surface area (Å²) in [7, 11) is 0. The average Bonchev–Trinajstić information content (AvgIpc) is 2.16. The molecule has 14 heavy (non-hydrogen) atoms. The fourth-order valence-corrected chi connectivity index (χ4v) is 0.923. The summed E-state index contributed by atoms with van der Waals surface area (Å²) in [6.45, 7) is 7.44. The van der Waals surface area contributed by atoms with Gasteiger partial charge in [0.25, 0.3) is 0 Å². The number of carbonyl (C=O) groups excluding carboxylic acids is 1. The molecule has 0 bridgehead atoms. The third-order valence-electron chi connectivity index (χ3n) is 2.58. The molecule has 0 aliphatic carbocycles. The van der Waals surface area contributed by atoms with Crippen molar-refractivity contribution in [2.45, 2.75) is 45.7 Å². The first-order valence-corrected chi connectivity index (χ1v) is 5.04. The molecule has 0 aromatic carbocycles. The van der Waals surface area contributed by atoms with E-state index < -0.39 is 11.6 Å². The van der Waals surface area contributed by atoms with Gasteiger partial charge in [-0.15, -0.1) is 0 Å². The minimum atomic E-state index is -0.552. The van der Waals surface area contributed by atoms with Gasteiger partial charge in [0.15, 0.2) is 0 Å². The average molecular weight is 202 g/mol. The summed E-state index contributed by atoms with van der Waals surface area (Å²) >= 11 is 0. The van der Waals surface area contributed by atoms with E-state index in [0.29, 0.717) is 6.42 Å². The molecule has 0 saturated heterocycles. The van der Waals surface area contributed by atoms with Gasteiger partial charge in [-0.1, -0.05) is 20.8 Å². The van der Waals surface area contributed by atoms with E-state index in [2.05, 4.69) is 5.32 Å². The highest BCUT2D eigenvalue weighted by Gasteiger charge is 2.27. The first-order chi connectivity index (χ1) is 6.36. The number of rotatable bonds is 5. The van der Waals surface area contributed by atoms with Gasteiger partial charge in [0, 0.05) is 0 Å². The molecule has 0 spiro atoms. The van der Waals surface area contributed by atoms with Crippen LogP contribution in [0.15, 0.2) is 0 Å². The van der Waals surface area contributed by atoms with Crippen LogP contribution in [0.25, 0.3) is 0 Å². The molecule has 0 fully saturated rings. The van der Waals surface area contributed by atoms with Gasteiger partial charge in [0.05, 0.1) is 18.2 Å². The lowest BCUT2D eigenvalue weighted by atomic mass is 9.97. The van der Waals surface area contributed by atoms with E-state index in [-0.39, 0.29) is 18.4 Å². The number of hydrogen-bond donors (Lipinski definition) is 3. The molecule has 0 saturated carbocycles. The minimum absolute atomic E-state index is 0.0694. The third kappa shape index (κ3) is 3.64. The molecule has 1 unspecified atom stereocenters. The van der Waals surface area contributed by atoms with Gasteiger partial charge in [-0.25, -0.2) is 0 Å². The first kappa shape index (κ1) is 13.4. The van der Waals surface area contributed by atoms with Crippen LogP contribution in [0.1, 0.15) is 34.1 Å². The second-order valence-corrected chi connectivity index (χ2v) is 4.33. The SMILES string of the molecule is CCC(C)(CO)NC(=O)[C@H](N)C(C)C. The molecule has 0 rings (SSSR count). The molecule has 0 heterocycles. The van der Waals surface area contributed by atoms with Gasteiger partial charge in [-0.2, -0.15) is 0 Å². The highest BCUT2D eigenvalue weighted by atomic mass is 16.3. The van der Waals surface area contributed by atoms with E-state index in [1.165, 1.54) is 0 Å². The normalized spacial score (nSPS) is 17.6. The van der Waals surface area contributed by atoms with E-state index in [0.717, 1.165) is 0 Å². The van der Waals surface area contributed by atoms with Crippen LogP contribution in [0.4, 0.5) is 0 Å². The van der Waals surface area contributed by atoms with Gasteiger partial charge in [0.2, 0.25) is 5.91 Å². The zero-order chi connectivity index (χ0) is 11.4. The van der Waals surface area contributed by atoms with Gasteiger partial charge in [-0.3, -0.25) is 4.79 Å². The van der Waals surface area contributed by atoms with Crippen LogP contribution >= 0.6 is 0 Å². The Hall–Kier alpha value is -0.610. The standard InChI is InChI=1S/C10H22N2O2/c1-5-10(4,6-13)12-9(14)8(11)7(2)3/h7-8,13H,5-6,11H2,1-4H3,(H,12,14)/t8-,10?/m1/s1. The highest BCUT2D eigenvalue weighted by Crippen LogP contribution is 2.09. The predicted molar refractivity (Wildman–Crippen MR) is 56.7 cm³/mol. The van der Waals surface area contributed by atoms with Crippen molar-refractivity contribution in [2.24, 2.45) is 11.7 Å². The Kier molecular flexibility index (Phi) is 5.08. The summed E-state index contributed by atoms with van der Waals surface area (Å²) in [5.74, 6) is -0.0896. The van der Waals surface area contributed by atoms with Crippen molar-refractivity contribution < 1.29 is 9.90 Å². The summed E-state index contributed by atoms with van der Waals surface area (Å²) in [6, 6.07) is -0.507. The van der Waals surface area contributed by atoms with Gasteiger partial charge < -0.3 is 16.2 Å². The molecule has 0 aromatic rings. The minimum Gasteiger partial charge on any atom is -0.394 e. The quantitative estimate of drug-likeness (QED) is 0.598. The van der Waals surface area contributed by atoms with Crippen LogP contribution < -0.4 is 11.1 Å². The molecular formula is C10H22N2O2. The van der Waals surface area contributed by atoms with Crippen molar-refractivity contribution in [3.63, 3.8) is 0 Å². The predicted octanol–water partition coefficient (Wildman–Crippen LogP) is 0.247. The smallest absolute Gasteiger partial charge is 0.237 e. The number of aliphatic hydroxyl groups is 1. The molecule has 2 atom stereocenters. The lowest BCUT2D eigenvalue weighted by molar-refractivity contribution is -0.125. The maximum Gasteiger partial charge on any atom is 0.237 e. The molecule has 4 N–H and O–H groups in total. The number of hydrogen-bond acceptors (Lipinski definition) is 3. The number of nitrogens with one attached hydrogen (secondary N) is 1. The Morgan fingerprint density at radius 1 is 1.57 bits per heavy atom. The largest absolute Gasteiger partial charge is 0.394 e. The summed E-state index contributed by atoms with van der Waals surface area (Å²) in [4.78, 5) is 11.6. The number of nitrogens with two attached hydrogens (primary N) is 1. The zero-order valence-corrected chi connectivity index (χ0v) is 9.50. The highest BCUT2D eigenvalue weighted by molar-refractivity contribution is 5.82. The summed E-state index contributed by atoms with van der Waals surface area (Å²) in [6.07, 6.45) is 0.681. The van der Waals surface area contributed by atoms with E-state index >= 15 is 0 Å². The Morgan fingerprint density at radius 3 is 2.36 bits per heavy atom. The molecule has 84 valence electrons. The second kappa shape index (κ2) is 5.32. The van der Waals surface area contributed by atoms with Crippen molar-refractivity contribution in [3.8, 4) is 0 Å². The molecule has 0 aromatic heterocycles. The molecule has 0 radical (unpaired) electrons. The number of carbonyl (C=O) groups is 1. The van der Waals surface area contributed by atoms with Gasteiger partial charge in [-0.05, 0) is 19.3 Å². The molecule has 4 heteroatoms. The maximum absolute atomic E-state index is 11.6. The fourth-order valence-electron chi connectivity index (χ4n) is 0.923. The van der Waals surface area contributed by atoms with E-state index in [1.807, 2.05) is 20.8 Å². The van der Waals surface area contributed by atoms with Crippen molar-refractivity contribution >= 4 is 5.91 Å². The summed E-state index contributed by atoms with van der Waals surface area (Å²) in [5, 5.41) is 11.9. The number of amides is 1. The fraction of sp³-hybridized carbons (Fsp3) is 0.900. The van der Waals surface area contributed by atoms with Crippen LogP contribution in [0.2, 0.25) is 0 Å². The van der Waals surface area contributed by atoms with Crippen LogP contribution in [-0.4, -0.2) is 29.2 Å². The molecule has 4 nitrogen and oxygen atoms in total. The van der Waals surface area contributed by atoms with Crippen molar-refractivity contribution in [1.82, 2.24) is 5.32 Å². The Bertz CT molecular complexity index is 189. The van der Waals surface area contributed by atoms with Crippen LogP contribution in [-0.2, 0) is 4.79 Å². The third-order valence-corrected chi connectivity index (χ3v) is 2.58. The lowest BCUT2D eigenvalue weighted by Gasteiger charge is -2.29. The van der Waals surface area contributed by atoms with Crippen LogP contribution in [0.5, 0.6) is 0 Å². The Balaban J connectivity index is 4.30. The number of aliphatic hydroxyl groups excluding tert-OH is 1. The van der Waals surface area contributed by atoms with Crippen molar-refractivity contribution in [1.29, 1.82) is 0 Å². The molecular weight excluding hydrogens is 180 g/mol. The second-order valence-electron chi connectivity index (χ2n) is 4.33. The van der Waals surface area contributed by atoms with Crippen molar-refractivity contribution in [2.75, 3.05) is 6.61 Å². The van der Waals surface area contributed by atoms with E-state index in [4.69, 9.17) is 10.8 Å². The molecule has 0 aliphatic heterocycles. The van der Waals surface area contributed by atoms with E-state index in [9.17, 15) is 4.79 Å². The zero-order valence-electron chi connectivity index (χ0n) is 9.50. The molecule has 1 amide bonds. The maximum atomic E-state index is 11.6. The Morgan fingerprint density at radius 2 is 2.07 bits per heavy atom. The molecule has 0 aliphatic rings. The lowest BCUT2D eigenvalue weighted by Crippen LogP contribution is -2.55. The van der Waals surface area contributed by atoms with E-state index in [1.54, 1.807) is 6.92 Å². The Labute approximate surface area is 85.9 Å². The first-order valence-electron chi connectivity index (χ1n) is 5.04. The summed E-state index contributed by atoms with van der Waals surface area (Å²) in [5.41, 5.74) is 5.13. The van der Waals surface area contributed by atoms with Crippen LogP contribution in [0.3, 0.4) is 0 Å². The monoisotopic (exact) mass is 202 g/mol. The van der Waals surface area contributed by atoms with Gasteiger partial charge >= 0.3 is 0 Å².